The third-order valence-electron chi connectivity index (χ3n) is 2.45. The van der Waals surface area contributed by atoms with E-state index in [-0.39, 0.29) is 11.5 Å². The minimum absolute atomic E-state index is 0.242. The maximum Gasteiger partial charge on any atom is 0.365 e. The largest absolute Gasteiger partial charge is 0.398 e. The van der Waals surface area contributed by atoms with Gasteiger partial charge in [0, 0.05) is 12.1 Å². The fourth-order valence-electron chi connectivity index (χ4n) is 1.43. The van der Waals surface area contributed by atoms with Crippen LogP contribution in [0.25, 0.3) is 0 Å². The van der Waals surface area contributed by atoms with Gasteiger partial charge in [0.25, 0.3) is 5.91 Å². The number of carbonyl (C=O) groups excluding carboxylic acids is 2. The lowest BCUT2D eigenvalue weighted by atomic mass is 10.2. The summed E-state index contributed by atoms with van der Waals surface area (Å²) < 4.78 is 0. The predicted molar refractivity (Wildman–Crippen MR) is 68.6 cm³/mol. The molecule has 18 heavy (non-hydrogen) atoms. The van der Waals surface area contributed by atoms with Crippen molar-refractivity contribution in [3.8, 4) is 0 Å². The van der Waals surface area contributed by atoms with Crippen molar-refractivity contribution >= 4 is 17.6 Å². The molecule has 1 aromatic rings. The summed E-state index contributed by atoms with van der Waals surface area (Å²) in [6.45, 7) is 2.05. The van der Waals surface area contributed by atoms with Crippen molar-refractivity contribution in [2.24, 2.45) is 0 Å². The first-order valence-corrected chi connectivity index (χ1v) is 5.99. The quantitative estimate of drug-likeness (QED) is 0.476. The fourth-order valence-corrected chi connectivity index (χ4v) is 1.43. The number of hydrogen-bond acceptors (Lipinski definition) is 4. The van der Waals surface area contributed by atoms with Gasteiger partial charge in [-0.2, -0.15) is 5.48 Å². The number of nitrogens with two attached hydrogens (primary N) is 1. The molecule has 1 rings (SSSR count). The lowest BCUT2D eigenvalue weighted by molar-refractivity contribution is -0.130. The molecule has 5 heteroatoms. The summed E-state index contributed by atoms with van der Waals surface area (Å²) in [6, 6.07) is 6.53. The van der Waals surface area contributed by atoms with E-state index in [1.54, 1.807) is 24.3 Å². The van der Waals surface area contributed by atoms with Crippen molar-refractivity contribution < 1.29 is 14.4 Å². The van der Waals surface area contributed by atoms with Crippen LogP contribution in [0.2, 0.25) is 0 Å². The average molecular weight is 250 g/mol. The Hall–Kier alpha value is -2.04. The molecule has 0 aliphatic heterocycles. The van der Waals surface area contributed by atoms with Crippen LogP contribution in [0.5, 0.6) is 0 Å². The number of nitrogen functional groups attached to an aromatic ring is 1. The molecule has 3 N–H and O–H groups in total. The summed E-state index contributed by atoms with van der Waals surface area (Å²) in [7, 11) is 0. The number of rotatable bonds is 5. The van der Waals surface area contributed by atoms with E-state index in [0.29, 0.717) is 12.1 Å². The predicted octanol–water partition coefficient (Wildman–Crippen LogP) is 2.04. The highest BCUT2D eigenvalue weighted by Gasteiger charge is 2.12. The van der Waals surface area contributed by atoms with E-state index in [0.717, 1.165) is 19.3 Å². The highest BCUT2D eigenvalue weighted by molar-refractivity contribution is 5.95. The monoisotopic (exact) mass is 250 g/mol. The Labute approximate surface area is 106 Å². The smallest absolute Gasteiger partial charge is 0.365 e. The van der Waals surface area contributed by atoms with Crippen LogP contribution in [-0.4, -0.2) is 11.9 Å². The van der Waals surface area contributed by atoms with Crippen LogP contribution in [0.4, 0.5) is 5.69 Å². The van der Waals surface area contributed by atoms with E-state index in [1.165, 1.54) is 0 Å². The minimum Gasteiger partial charge on any atom is -0.398 e. The number of unbranched alkanes of at least 4 members (excludes halogenated alkanes) is 2. The van der Waals surface area contributed by atoms with E-state index in [9.17, 15) is 9.59 Å². The Morgan fingerprint density at radius 1 is 1.28 bits per heavy atom. The molecule has 0 saturated carbocycles. The van der Waals surface area contributed by atoms with Crippen LogP contribution in [0.15, 0.2) is 24.3 Å². The molecular formula is C13H18N2O3. The zero-order valence-electron chi connectivity index (χ0n) is 10.4. The van der Waals surface area contributed by atoms with E-state index in [1.807, 2.05) is 0 Å². The second-order valence-electron chi connectivity index (χ2n) is 3.96. The molecule has 0 fully saturated rings. The fraction of sp³-hybridized carbons (Fsp3) is 0.385. The van der Waals surface area contributed by atoms with E-state index >= 15 is 0 Å². The third kappa shape index (κ3) is 4.45. The van der Waals surface area contributed by atoms with Crippen molar-refractivity contribution in [3.63, 3.8) is 0 Å². The van der Waals surface area contributed by atoms with Crippen molar-refractivity contribution in [3.05, 3.63) is 29.8 Å². The average Bonchev–Trinajstić information content (AvgIpc) is 2.37. The topological polar surface area (TPSA) is 81.4 Å². The van der Waals surface area contributed by atoms with E-state index in [4.69, 9.17) is 5.73 Å². The normalized spacial score (nSPS) is 9.83. The van der Waals surface area contributed by atoms with Gasteiger partial charge in [0.2, 0.25) is 0 Å². The lowest BCUT2D eigenvalue weighted by Gasteiger charge is -2.06. The Bertz CT molecular complexity index is 418. The highest BCUT2D eigenvalue weighted by atomic mass is 16.7. The number of hydroxylamine groups is 1. The zero-order chi connectivity index (χ0) is 13.4. The molecule has 0 saturated heterocycles. The molecule has 0 radical (unpaired) electrons. The number of hydrogen-bond donors (Lipinski definition) is 2. The van der Waals surface area contributed by atoms with Crippen LogP contribution in [0.1, 0.15) is 43.0 Å². The van der Waals surface area contributed by atoms with Gasteiger partial charge in [-0.15, -0.1) is 0 Å². The van der Waals surface area contributed by atoms with Crippen molar-refractivity contribution in [2.75, 3.05) is 5.73 Å². The Balaban J connectivity index is 2.38. The Morgan fingerprint density at radius 3 is 2.67 bits per heavy atom. The molecule has 0 aliphatic carbocycles. The van der Waals surface area contributed by atoms with Gasteiger partial charge in [-0.25, -0.2) is 4.79 Å². The van der Waals surface area contributed by atoms with Crippen molar-refractivity contribution in [2.45, 2.75) is 32.6 Å². The summed E-state index contributed by atoms with van der Waals surface area (Å²) in [6.07, 6.45) is 3.15. The van der Waals surface area contributed by atoms with Gasteiger partial charge in [0.15, 0.2) is 0 Å². The zero-order valence-corrected chi connectivity index (χ0v) is 10.4. The lowest BCUT2D eigenvalue weighted by Crippen LogP contribution is -2.27. The number of nitrogens with one attached hydrogen (secondary N) is 1. The van der Waals surface area contributed by atoms with Gasteiger partial charge < -0.3 is 10.6 Å². The first-order valence-electron chi connectivity index (χ1n) is 5.99. The molecule has 0 bridgehead atoms. The van der Waals surface area contributed by atoms with Crippen LogP contribution < -0.4 is 11.2 Å². The summed E-state index contributed by atoms with van der Waals surface area (Å²) in [5.74, 6) is -0.955. The SMILES string of the molecule is CCCCCC(=O)NOC(=O)c1ccccc1N. The standard InChI is InChI=1S/C13H18N2O3/c1-2-3-4-9-12(16)15-18-13(17)10-7-5-6-8-11(10)14/h5-8H,2-4,9,14H2,1H3,(H,15,16). The minimum atomic E-state index is -0.656. The Morgan fingerprint density at radius 2 is 2.00 bits per heavy atom. The van der Waals surface area contributed by atoms with Gasteiger partial charge >= 0.3 is 5.97 Å². The molecule has 1 aromatic carbocycles. The maximum absolute atomic E-state index is 11.6. The molecule has 0 unspecified atom stereocenters. The summed E-state index contributed by atoms with van der Waals surface area (Å²) >= 11 is 0. The van der Waals surface area contributed by atoms with Crippen molar-refractivity contribution in [1.82, 2.24) is 5.48 Å². The molecule has 0 aromatic heterocycles. The molecule has 1 amide bonds. The molecule has 0 atom stereocenters. The van der Waals surface area contributed by atoms with Gasteiger partial charge in [-0.3, -0.25) is 4.79 Å². The van der Waals surface area contributed by atoms with Crippen LogP contribution in [-0.2, 0) is 9.63 Å². The number of carbonyl (C=O) groups is 2. The van der Waals surface area contributed by atoms with Gasteiger partial charge in [0.05, 0.1) is 5.56 Å². The first kappa shape index (κ1) is 14.0. The highest BCUT2D eigenvalue weighted by Crippen LogP contribution is 2.11. The van der Waals surface area contributed by atoms with Gasteiger partial charge in [-0.1, -0.05) is 31.9 Å². The number of amides is 1. The Kier molecular flexibility index (Phi) is 5.70. The van der Waals surface area contributed by atoms with E-state index in [2.05, 4.69) is 17.2 Å². The van der Waals surface area contributed by atoms with Gasteiger partial charge in [-0.05, 0) is 18.6 Å². The number of anilines is 1. The second kappa shape index (κ2) is 7.32. The summed E-state index contributed by atoms with van der Waals surface area (Å²) in [4.78, 5) is 27.6. The van der Waals surface area contributed by atoms with Gasteiger partial charge in [0.1, 0.15) is 0 Å². The molecule has 0 aliphatic rings. The number of benzene rings is 1. The molecule has 5 nitrogen and oxygen atoms in total. The maximum atomic E-state index is 11.6. The summed E-state index contributed by atoms with van der Waals surface area (Å²) in [5.41, 5.74) is 8.30. The third-order valence-corrected chi connectivity index (χ3v) is 2.45. The van der Waals surface area contributed by atoms with Crippen LogP contribution >= 0.6 is 0 Å². The molecule has 0 spiro atoms. The number of para-hydroxylation sites is 1. The molecular weight excluding hydrogens is 232 g/mol. The second-order valence-corrected chi connectivity index (χ2v) is 3.96. The van der Waals surface area contributed by atoms with Crippen LogP contribution in [0.3, 0.4) is 0 Å². The van der Waals surface area contributed by atoms with E-state index < -0.39 is 5.97 Å². The molecule has 98 valence electrons. The van der Waals surface area contributed by atoms with Crippen LogP contribution in [0, 0.1) is 0 Å². The molecule has 0 heterocycles. The summed E-state index contributed by atoms with van der Waals surface area (Å²) in [5, 5.41) is 0. The first-order chi connectivity index (χ1) is 8.65. The van der Waals surface area contributed by atoms with Crippen molar-refractivity contribution in [1.29, 1.82) is 0 Å².